The topological polar surface area (TPSA) is 30.5 Å². The van der Waals surface area contributed by atoms with Gasteiger partial charge in [-0.1, -0.05) is 13.0 Å². The summed E-state index contributed by atoms with van der Waals surface area (Å²) in [5.41, 5.74) is 1.28. The Hall–Kier alpha value is -0.580. The number of hydrogen-bond acceptors (Lipinski definition) is 3. The van der Waals surface area contributed by atoms with E-state index in [1.54, 1.807) is 0 Å². The first kappa shape index (κ1) is 15.8. The molecule has 0 aromatic heterocycles. The van der Waals surface area contributed by atoms with Gasteiger partial charge in [-0.05, 0) is 53.5 Å². The van der Waals surface area contributed by atoms with Gasteiger partial charge in [0.2, 0.25) is 0 Å². The lowest BCUT2D eigenvalue weighted by Gasteiger charge is -2.24. The lowest BCUT2D eigenvalue weighted by atomic mass is 10.1. The predicted molar refractivity (Wildman–Crippen MR) is 85.3 cm³/mol. The molecule has 2 rings (SSSR count). The Morgan fingerprint density at radius 1 is 1.40 bits per heavy atom. The Morgan fingerprint density at radius 3 is 2.80 bits per heavy atom. The molecule has 1 heterocycles. The molecule has 0 aliphatic carbocycles. The molecule has 112 valence electrons. The van der Waals surface area contributed by atoms with Crippen LogP contribution in [0.15, 0.2) is 22.7 Å². The Bertz CT molecular complexity index is 419. The van der Waals surface area contributed by atoms with Gasteiger partial charge in [-0.15, -0.1) is 0 Å². The van der Waals surface area contributed by atoms with E-state index >= 15 is 0 Å². The summed E-state index contributed by atoms with van der Waals surface area (Å²) >= 11 is 3.63. The average Bonchev–Trinajstić information content (AvgIpc) is 2.48. The van der Waals surface area contributed by atoms with E-state index in [4.69, 9.17) is 9.47 Å². The first-order valence-electron chi connectivity index (χ1n) is 7.48. The van der Waals surface area contributed by atoms with Crippen LogP contribution in [-0.4, -0.2) is 25.9 Å². The zero-order valence-electron chi connectivity index (χ0n) is 12.3. The van der Waals surface area contributed by atoms with Crippen LogP contribution in [0.25, 0.3) is 0 Å². The smallest absolute Gasteiger partial charge is 0.133 e. The summed E-state index contributed by atoms with van der Waals surface area (Å²) in [6.07, 6.45) is 3.38. The van der Waals surface area contributed by atoms with Gasteiger partial charge in [0.05, 0.1) is 17.7 Å². The standard InChI is InChI=1S/C16H24BrNO2/c1-3-8-18-12(2)13-4-5-16(15(17)11-13)20-14-6-9-19-10-7-14/h4-5,11-12,14,18H,3,6-10H2,1-2H3. The first-order chi connectivity index (χ1) is 9.70. The molecular weight excluding hydrogens is 318 g/mol. The van der Waals surface area contributed by atoms with Crippen molar-refractivity contribution >= 4 is 15.9 Å². The summed E-state index contributed by atoms with van der Waals surface area (Å²) in [7, 11) is 0. The third kappa shape index (κ3) is 4.47. The summed E-state index contributed by atoms with van der Waals surface area (Å²) in [6.45, 7) is 7.02. The molecule has 0 amide bonds. The van der Waals surface area contributed by atoms with Gasteiger partial charge in [-0.3, -0.25) is 0 Å². The van der Waals surface area contributed by atoms with Gasteiger partial charge in [0.15, 0.2) is 0 Å². The minimum absolute atomic E-state index is 0.279. The number of rotatable bonds is 6. The van der Waals surface area contributed by atoms with Crippen molar-refractivity contribution < 1.29 is 9.47 Å². The van der Waals surface area contributed by atoms with Gasteiger partial charge in [-0.25, -0.2) is 0 Å². The van der Waals surface area contributed by atoms with Crippen molar-refractivity contribution in [2.24, 2.45) is 0 Å². The van der Waals surface area contributed by atoms with E-state index in [2.05, 4.69) is 53.3 Å². The summed E-state index contributed by atoms with van der Waals surface area (Å²) < 4.78 is 12.4. The van der Waals surface area contributed by atoms with Gasteiger partial charge < -0.3 is 14.8 Å². The lowest BCUT2D eigenvalue weighted by Crippen LogP contribution is -2.26. The van der Waals surface area contributed by atoms with Crippen LogP contribution < -0.4 is 10.1 Å². The van der Waals surface area contributed by atoms with E-state index in [0.717, 1.165) is 49.2 Å². The van der Waals surface area contributed by atoms with E-state index < -0.39 is 0 Å². The van der Waals surface area contributed by atoms with Gasteiger partial charge in [-0.2, -0.15) is 0 Å². The molecule has 1 fully saturated rings. The van der Waals surface area contributed by atoms with Crippen molar-refractivity contribution in [2.75, 3.05) is 19.8 Å². The summed E-state index contributed by atoms with van der Waals surface area (Å²) in [5, 5.41) is 3.50. The van der Waals surface area contributed by atoms with Crippen molar-refractivity contribution in [1.29, 1.82) is 0 Å². The quantitative estimate of drug-likeness (QED) is 0.845. The second kappa shape index (κ2) is 8.01. The fourth-order valence-corrected chi connectivity index (χ4v) is 2.82. The third-order valence-corrected chi connectivity index (χ3v) is 4.24. The highest BCUT2D eigenvalue weighted by atomic mass is 79.9. The number of nitrogens with one attached hydrogen (secondary N) is 1. The molecule has 1 aromatic carbocycles. The van der Waals surface area contributed by atoms with E-state index in [1.807, 2.05) is 0 Å². The van der Waals surface area contributed by atoms with Gasteiger partial charge >= 0.3 is 0 Å². The van der Waals surface area contributed by atoms with E-state index in [9.17, 15) is 0 Å². The first-order valence-corrected chi connectivity index (χ1v) is 8.27. The van der Waals surface area contributed by atoms with Crippen molar-refractivity contribution in [3.63, 3.8) is 0 Å². The van der Waals surface area contributed by atoms with Crippen LogP contribution in [0.1, 0.15) is 44.7 Å². The maximum absolute atomic E-state index is 6.05. The van der Waals surface area contributed by atoms with Crippen molar-refractivity contribution in [1.82, 2.24) is 5.32 Å². The molecule has 1 aliphatic heterocycles. The molecule has 0 spiro atoms. The molecule has 0 saturated carbocycles. The average molecular weight is 342 g/mol. The fraction of sp³-hybridized carbons (Fsp3) is 0.625. The van der Waals surface area contributed by atoms with Crippen LogP contribution in [0.5, 0.6) is 5.75 Å². The number of halogens is 1. The molecule has 3 nitrogen and oxygen atoms in total. The molecule has 0 bridgehead atoms. The Labute approximate surface area is 130 Å². The molecule has 1 unspecified atom stereocenters. The zero-order chi connectivity index (χ0) is 14.4. The molecule has 20 heavy (non-hydrogen) atoms. The van der Waals surface area contributed by atoms with Crippen LogP contribution in [0.2, 0.25) is 0 Å². The Morgan fingerprint density at radius 2 is 2.15 bits per heavy atom. The molecule has 1 saturated heterocycles. The van der Waals surface area contributed by atoms with E-state index in [0.29, 0.717) is 6.04 Å². The SMILES string of the molecule is CCCNC(C)c1ccc(OC2CCOCC2)c(Br)c1. The molecule has 1 aromatic rings. The maximum Gasteiger partial charge on any atom is 0.133 e. The van der Waals surface area contributed by atoms with Crippen LogP contribution >= 0.6 is 15.9 Å². The minimum Gasteiger partial charge on any atom is -0.489 e. The van der Waals surface area contributed by atoms with Crippen LogP contribution in [0.4, 0.5) is 0 Å². The molecule has 4 heteroatoms. The van der Waals surface area contributed by atoms with Crippen LogP contribution in [0, 0.1) is 0 Å². The van der Waals surface area contributed by atoms with Crippen molar-refractivity contribution in [3.8, 4) is 5.75 Å². The number of ether oxygens (including phenoxy) is 2. The highest BCUT2D eigenvalue weighted by Gasteiger charge is 2.17. The summed E-state index contributed by atoms with van der Waals surface area (Å²) in [6, 6.07) is 6.73. The van der Waals surface area contributed by atoms with E-state index in [1.165, 1.54) is 5.56 Å². The fourth-order valence-electron chi connectivity index (χ4n) is 2.33. The minimum atomic E-state index is 0.279. The summed E-state index contributed by atoms with van der Waals surface area (Å²) in [4.78, 5) is 0. The highest BCUT2D eigenvalue weighted by Crippen LogP contribution is 2.30. The van der Waals surface area contributed by atoms with Gasteiger partial charge in [0.1, 0.15) is 11.9 Å². The zero-order valence-corrected chi connectivity index (χ0v) is 13.9. The Kier molecular flexibility index (Phi) is 6.33. The van der Waals surface area contributed by atoms with E-state index in [-0.39, 0.29) is 6.10 Å². The van der Waals surface area contributed by atoms with Gasteiger partial charge in [0.25, 0.3) is 0 Å². The highest BCUT2D eigenvalue weighted by molar-refractivity contribution is 9.10. The largest absolute Gasteiger partial charge is 0.489 e. The molecular formula is C16H24BrNO2. The van der Waals surface area contributed by atoms with Gasteiger partial charge in [0, 0.05) is 18.9 Å². The van der Waals surface area contributed by atoms with Crippen molar-refractivity contribution in [3.05, 3.63) is 28.2 Å². The predicted octanol–water partition coefficient (Wildman–Crippen LogP) is 4.07. The lowest BCUT2D eigenvalue weighted by molar-refractivity contribution is 0.0252. The second-order valence-electron chi connectivity index (χ2n) is 5.30. The van der Waals surface area contributed by atoms with Crippen LogP contribution in [-0.2, 0) is 4.74 Å². The monoisotopic (exact) mass is 341 g/mol. The molecule has 1 aliphatic rings. The van der Waals surface area contributed by atoms with Crippen molar-refractivity contribution in [2.45, 2.75) is 45.3 Å². The van der Waals surface area contributed by atoms with Crippen LogP contribution in [0.3, 0.4) is 0 Å². The molecule has 1 N–H and O–H groups in total. The normalized spacial score (nSPS) is 17.9. The number of benzene rings is 1. The maximum atomic E-state index is 6.05. The Balaban J connectivity index is 1.97. The third-order valence-electron chi connectivity index (χ3n) is 3.62. The molecule has 0 radical (unpaired) electrons. The summed E-state index contributed by atoms with van der Waals surface area (Å²) in [5.74, 6) is 0.934. The second-order valence-corrected chi connectivity index (χ2v) is 6.15. The molecule has 1 atom stereocenters. The number of hydrogen-bond donors (Lipinski definition) is 1.